The molecule has 92 valence electrons. The molecule has 18 heavy (non-hydrogen) atoms. The van der Waals surface area contributed by atoms with E-state index in [1.54, 1.807) is 0 Å². The molecular weight excluding hydrogens is 261 g/mol. The Labute approximate surface area is 134 Å². The normalized spacial score (nSPS) is 17.2. The van der Waals surface area contributed by atoms with Gasteiger partial charge in [-0.2, -0.15) is 0 Å². The minimum Gasteiger partial charge on any atom is -0.550 e. The molecule has 0 N–H and O–H groups in total. The van der Waals surface area contributed by atoms with Crippen LogP contribution in [0.3, 0.4) is 0 Å². The molecule has 1 aromatic carbocycles. The monoisotopic (exact) mass is 275 g/mol. The van der Waals surface area contributed by atoms with Gasteiger partial charge in [0, 0.05) is 23.5 Å². The Balaban J connectivity index is 0.00000162. The number of hydrogen-bond acceptors (Lipinski definition) is 3. The van der Waals surface area contributed by atoms with Crippen LogP contribution in [0.2, 0.25) is 5.02 Å². The van der Waals surface area contributed by atoms with E-state index >= 15 is 0 Å². The van der Waals surface area contributed by atoms with Crippen LogP contribution in [0.1, 0.15) is 18.4 Å². The number of nitrogens with zero attached hydrogens (tertiary/aromatic N) is 1. The first kappa shape index (κ1) is 16.0. The molecule has 2 rings (SSSR count). The minimum absolute atomic E-state index is 0. The van der Waals surface area contributed by atoms with Crippen molar-refractivity contribution >= 4 is 17.6 Å². The second kappa shape index (κ2) is 7.51. The summed E-state index contributed by atoms with van der Waals surface area (Å²) < 4.78 is 0. The van der Waals surface area contributed by atoms with Gasteiger partial charge in [-0.05, 0) is 43.6 Å². The zero-order chi connectivity index (χ0) is 12.3. The van der Waals surface area contributed by atoms with Gasteiger partial charge in [0.2, 0.25) is 0 Å². The molecule has 0 radical (unpaired) electrons. The predicted octanol–water partition coefficient (Wildman–Crippen LogP) is -1.69. The number of piperidine rings is 1. The fourth-order valence-electron chi connectivity index (χ4n) is 2.22. The molecule has 1 fully saturated rings. The standard InChI is InChI=1S/C13H16ClNO2.Na/c14-12-3-1-2-10(8-12)9-15-6-4-11(5-7-15)13(16)17;/h1-3,8,11H,4-7,9H2,(H,16,17);/q;+1/p-1. The molecule has 0 aromatic heterocycles. The second-order valence-corrected chi connectivity index (χ2v) is 4.94. The Kier molecular flexibility index (Phi) is 6.67. The third-order valence-electron chi connectivity index (χ3n) is 3.22. The molecule has 0 spiro atoms. The van der Waals surface area contributed by atoms with E-state index < -0.39 is 5.97 Å². The maximum Gasteiger partial charge on any atom is 1.00 e. The van der Waals surface area contributed by atoms with E-state index in [1.165, 1.54) is 5.56 Å². The summed E-state index contributed by atoms with van der Waals surface area (Å²) in [4.78, 5) is 13.0. The van der Waals surface area contributed by atoms with Crippen molar-refractivity contribution in [2.45, 2.75) is 19.4 Å². The van der Waals surface area contributed by atoms with Gasteiger partial charge in [-0.3, -0.25) is 4.90 Å². The Morgan fingerprint density at radius 3 is 2.61 bits per heavy atom. The van der Waals surface area contributed by atoms with E-state index in [1.807, 2.05) is 24.3 Å². The van der Waals surface area contributed by atoms with Crippen molar-refractivity contribution in [1.82, 2.24) is 4.90 Å². The fourth-order valence-corrected chi connectivity index (χ4v) is 2.43. The van der Waals surface area contributed by atoms with Crippen LogP contribution in [0.15, 0.2) is 24.3 Å². The van der Waals surface area contributed by atoms with Crippen molar-refractivity contribution in [2.75, 3.05) is 13.1 Å². The first-order valence-electron chi connectivity index (χ1n) is 5.83. The molecule has 1 saturated heterocycles. The van der Waals surface area contributed by atoms with Gasteiger partial charge >= 0.3 is 29.6 Å². The number of benzene rings is 1. The molecule has 3 nitrogen and oxygen atoms in total. The number of carbonyl (C=O) groups excluding carboxylic acids is 1. The summed E-state index contributed by atoms with van der Waals surface area (Å²) in [5.74, 6) is -1.18. The van der Waals surface area contributed by atoms with Gasteiger partial charge in [0.1, 0.15) is 0 Å². The Bertz CT molecular complexity index is 406. The zero-order valence-electron chi connectivity index (χ0n) is 10.6. The smallest absolute Gasteiger partial charge is 0.550 e. The van der Waals surface area contributed by atoms with E-state index in [-0.39, 0.29) is 35.5 Å². The third-order valence-corrected chi connectivity index (χ3v) is 3.45. The van der Waals surface area contributed by atoms with E-state index in [2.05, 4.69) is 4.90 Å². The first-order chi connectivity index (χ1) is 8.15. The molecule has 5 heteroatoms. The number of carboxylic acid groups (broad SMARTS) is 1. The van der Waals surface area contributed by atoms with Gasteiger partial charge in [0.05, 0.1) is 0 Å². The summed E-state index contributed by atoms with van der Waals surface area (Å²) in [7, 11) is 0. The number of rotatable bonds is 3. The van der Waals surface area contributed by atoms with Crippen LogP contribution in [-0.2, 0) is 11.3 Å². The Hall–Kier alpha value is -0.0600. The molecule has 0 unspecified atom stereocenters. The van der Waals surface area contributed by atoms with Gasteiger partial charge < -0.3 is 9.90 Å². The van der Waals surface area contributed by atoms with Crippen LogP contribution in [0.4, 0.5) is 0 Å². The number of aliphatic carboxylic acids is 1. The van der Waals surface area contributed by atoms with Crippen molar-refractivity contribution in [3.63, 3.8) is 0 Å². The summed E-state index contributed by atoms with van der Waals surface area (Å²) in [5.41, 5.74) is 1.17. The van der Waals surface area contributed by atoms with Gasteiger partial charge in [0.15, 0.2) is 0 Å². The van der Waals surface area contributed by atoms with Crippen LogP contribution in [0, 0.1) is 5.92 Å². The van der Waals surface area contributed by atoms with Gasteiger partial charge in [0.25, 0.3) is 0 Å². The number of halogens is 1. The molecule has 1 aliphatic rings. The van der Waals surface area contributed by atoms with Gasteiger partial charge in [-0.1, -0.05) is 23.7 Å². The average molecular weight is 276 g/mol. The SMILES string of the molecule is O=C([O-])C1CCN(Cc2cccc(Cl)c2)CC1.[Na+]. The number of carboxylic acids is 1. The third kappa shape index (κ3) is 4.56. The van der Waals surface area contributed by atoms with Crippen LogP contribution in [0.5, 0.6) is 0 Å². The zero-order valence-corrected chi connectivity index (χ0v) is 13.3. The van der Waals surface area contributed by atoms with Crippen molar-refractivity contribution < 1.29 is 39.5 Å². The molecule has 1 aromatic rings. The van der Waals surface area contributed by atoms with E-state index in [0.29, 0.717) is 12.8 Å². The summed E-state index contributed by atoms with van der Waals surface area (Å²) in [6.07, 6.45) is 1.37. The molecule has 1 heterocycles. The number of hydrogen-bond donors (Lipinski definition) is 0. The molecular formula is C13H15ClNNaO2. The van der Waals surface area contributed by atoms with Crippen molar-refractivity contribution in [1.29, 1.82) is 0 Å². The molecule has 1 aliphatic heterocycles. The topological polar surface area (TPSA) is 43.4 Å². The molecule has 0 saturated carbocycles. The second-order valence-electron chi connectivity index (χ2n) is 4.50. The van der Waals surface area contributed by atoms with E-state index in [0.717, 1.165) is 24.7 Å². The summed E-state index contributed by atoms with van der Waals surface area (Å²) in [6, 6.07) is 7.78. The minimum atomic E-state index is -0.910. The summed E-state index contributed by atoms with van der Waals surface area (Å²) >= 11 is 5.92. The van der Waals surface area contributed by atoms with Crippen molar-refractivity contribution in [3.8, 4) is 0 Å². The van der Waals surface area contributed by atoms with Crippen LogP contribution in [-0.4, -0.2) is 24.0 Å². The average Bonchev–Trinajstić information content (AvgIpc) is 2.29. The molecule has 0 bridgehead atoms. The Morgan fingerprint density at radius 2 is 2.06 bits per heavy atom. The largest absolute Gasteiger partial charge is 1.00 e. The first-order valence-corrected chi connectivity index (χ1v) is 6.20. The van der Waals surface area contributed by atoms with Gasteiger partial charge in [-0.15, -0.1) is 0 Å². The molecule has 0 aliphatic carbocycles. The van der Waals surface area contributed by atoms with Gasteiger partial charge in [-0.25, -0.2) is 0 Å². The Morgan fingerprint density at radius 1 is 1.39 bits per heavy atom. The van der Waals surface area contributed by atoms with E-state index in [4.69, 9.17) is 11.6 Å². The van der Waals surface area contributed by atoms with Crippen LogP contribution in [0.25, 0.3) is 0 Å². The number of carbonyl (C=O) groups is 1. The molecule has 0 atom stereocenters. The summed E-state index contributed by atoms with van der Waals surface area (Å²) in [5, 5.41) is 11.5. The van der Waals surface area contributed by atoms with E-state index in [9.17, 15) is 9.90 Å². The van der Waals surface area contributed by atoms with Crippen molar-refractivity contribution in [2.24, 2.45) is 5.92 Å². The van der Waals surface area contributed by atoms with Crippen molar-refractivity contribution in [3.05, 3.63) is 34.9 Å². The predicted molar refractivity (Wildman–Crippen MR) is 64.5 cm³/mol. The maximum atomic E-state index is 10.7. The van der Waals surface area contributed by atoms with Crippen LogP contribution >= 0.6 is 11.6 Å². The van der Waals surface area contributed by atoms with Crippen LogP contribution < -0.4 is 34.7 Å². The maximum absolute atomic E-state index is 10.7. The fraction of sp³-hybridized carbons (Fsp3) is 0.462. The number of likely N-dealkylation sites (tertiary alicyclic amines) is 1. The summed E-state index contributed by atoms with van der Waals surface area (Å²) in [6.45, 7) is 2.46. The quantitative estimate of drug-likeness (QED) is 0.618. The molecule has 0 amide bonds.